The van der Waals surface area contributed by atoms with Gasteiger partial charge in [0.2, 0.25) is 0 Å². The molecule has 1 fully saturated rings. The maximum Gasteiger partial charge on any atom is 0.416 e. The van der Waals surface area contributed by atoms with Crippen molar-refractivity contribution in [2.45, 2.75) is 57.2 Å². The van der Waals surface area contributed by atoms with E-state index in [1.165, 1.54) is 12.1 Å². The molecule has 2 atom stereocenters. The summed E-state index contributed by atoms with van der Waals surface area (Å²) in [5, 5.41) is 10.8. The topological polar surface area (TPSA) is 20.2 Å². The van der Waals surface area contributed by atoms with Crippen molar-refractivity contribution in [3.05, 3.63) is 35.4 Å². The van der Waals surface area contributed by atoms with Crippen LogP contribution in [0, 0.1) is 5.92 Å². The summed E-state index contributed by atoms with van der Waals surface area (Å²) in [6.45, 7) is 2.06. The highest BCUT2D eigenvalue weighted by Gasteiger charge is 2.38. The van der Waals surface area contributed by atoms with Crippen LogP contribution in [0.4, 0.5) is 13.2 Å². The van der Waals surface area contributed by atoms with Crippen molar-refractivity contribution >= 4 is 0 Å². The number of hydrogen-bond donors (Lipinski definition) is 1. The fourth-order valence-corrected chi connectivity index (χ4v) is 3.28. The van der Waals surface area contributed by atoms with Crippen LogP contribution >= 0.6 is 0 Å². The molecule has 0 spiro atoms. The Kier molecular flexibility index (Phi) is 4.43. The van der Waals surface area contributed by atoms with Crippen molar-refractivity contribution in [1.82, 2.24) is 0 Å². The Morgan fingerprint density at radius 3 is 2.40 bits per heavy atom. The Bertz CT molecular complexity index is 438. The average molecular weight is 286 g/mol. The zero-order valence-electron chi connectivity index (χ0n) is 11.7. The van der Waals surface area contributed by atoms with Crippen LogP contribution in [0.5, 0.6) is 0 Å². The summed E-state index contributed by atoms with van der Waals surface area (Å²) in [6.07, 6.45) is 0.939. The van der Waals surface area contributed by atoms with Gasteiger partial charge in [-0.3, -0.25) is 0 Å². The first-order chi connectivity index (χ1) is 9.35. The largest absolute Gasteiger partial charge is 0.416 e. The van der Waals surface area contributed by atoms with Gasteiger partial charge in [0.1, 0.15) is 0 Å². The fraction of sp³-hybridized carbons (Fsp3) is 0.625. The molecule has 1 aromatic rings. The average Bonchev–Trinajstić information content (AvgIpc) is 2.38. The lowest BCUT2D eigenvalue weighted by Gasteiger charge is -2.40. The van der Waals surface area contributed by atoms with E-state index in [9.17, 15) is 18.3 Å². The van der Waals surface area contributed by atoms with E-state index in [0.717, 1.165) is 49.8 Å². The summed E-state index contributed by atoms with van der Waals surface area (Å²) in [5.41, 5.74) is -0.614. The maximum absolute atomic E-state index is 12.5. The minimum atomic E-state index is -4.30. The smallest absolute Gasteiger partial charge is 0.389 e. The fourth-order valence-electron chi connectivity index (χ4n) is 3.28. The number of alkyl halides is 3. The van der Waals surface area contributed by atoms with Crippen molar-refractivity contribution in [2.75, 3.05) is 0 Å². The first-order valence-electron chi connectivity index (χ1n) is 7.23. The second kappa shape index (κ2) is 5.76. The molecule has 0 aliphatic heterocycles. The first-order valence-corrected chi connectivity index (χ1v) is 7.23. The molecule has 1 aromatic carbocycles. The van der Waals surface area contributed by atoms with Gasteiger partial charge in [0.25, 0.3) is 0 Å². The van der Waals surface area contributed by atoms with Crippen LogP contribution in [-0.4, -0.2) is 10.7 Å². The molecule has 0 heterocycles. The van der Waals surface area contributed by atoms with Gasteiger partial charge in [-0.05, 0) is 36.5 Å². The van der Waals surface area contributed by atoms with E-state index in [2.05, 4.69) is 6.92 Å². The highest BCUT2D eigenvalue weighted by Crippen LogP contribution is 2.38. The zero-order valence-corrected chi connectivity index (χ0v) is 11.7. The van der Waals surface area contributed by atoms with Crippen molar-refractivity contribution in [1.29, 1.82) is 0 Å². The van der Waals surface area contributed by atoms with Gasteiger partial charge in [0, 0.05) is 6.42 Å². The molecule has 112 valence electrons. The predicted octanol–water partition coefficient (Wildman–Crippen LogP) is 4.58. The lowest BCUT2D eigenvalue weighted by Crippen LogP contribution is -2.42. The number of halogens is 3. The second-order valence-corrected chi connectivity index (χ2v) is 5.83. The van der Waals surface area contributed by atoms with E-state index < -0.39 is 17.3 Å². The van der Waals surface area contributed by atoms with E-state index in [4.69, 9.17) is 0 Å². The Morgan fingerprint density at radius 2 is 1.85 bits per heavy atom. The highest BCUT2D eigenvalue weighted by atomic mass is 19.4. The SMILES string of the molecule is CCC1CCCCC1(O)Cc1ccc(C(F)(F)F)cc1. The molecular formula is C16H21F3O. The maximum atomic E-state index is 12.5. The Hall–Kier alpha value is -1.03. The summed E-state index contributed by atoms with van der Waals surface area (Å²) in [7, 11) is 0. The van der Waals surface area contributed by atoms with E-state index >= 15 is 0 Å². The molecule has 2 rings (SSSR count). The van der Waals surface area contributed by atoms with Crippen LogP contribution in [0.25, 0.3) is 0 Å². The number of hydrogen-bond acceptors (Lipinski definition) is 1. The van der Waals surface area contributed by atoms with Gasteiger partial charge in [-0.15, -0.1) is 0 Å². The Labute approximate surface area is 117 Å². The number of benzene rings is 1. The van der Waals surface area contributed by atoms with Crippen molar-refractivity contribution in [2.24, 2.45) is 5.92 Å². The van der Waals surface area contributed by atoms with Crippen LogP contribution < -0.4 is 0 Å². The number of aliphatic hydroxyl groups is 1. The third-order valence-corrected chi connectivity index (χ3v) is 4.46. The summed E-state index contributed by atoms with van der Waals surface area (Å²) in [5.74, 6) is 0.249. The lowest BCUT2D eigenvalue weighted by atomic mass is 9.71. The molecule has 2 unspecified atom stereocenters. The van der Waals surface area contributed by atoms with Crippen LogP contribution in [0.3, 0.4) is 0 Å². The summed E-state index contributed by atoms with van der Waals surface area (Å²) in [4.78, 5) is 0. The van der Waals surface area contributed by atoms with Gasteiger partial charge in [0.05, 0.1) is 11.2 Å². The molecule has 0 aromatic heterocycles. The van der Waals surface area contributed by atoms with Crippen LogP contribution in [-0.2, 0) is 12.6 Å². The normalized spacial score (nSPS) is 27.6. The first kappa shape index (κ1) is 15.4. The molecule has 20 heavy (non-hydrogen) atoms. The molecule has 0 bridgehead atoms. The second-order valence-electron chi connectivity index (χ2n) is 5.83. The van der Waals surface area contributed by atoms with E-state index in [1.807, 2.05) is 0 Å². The molecule has 4 heteroatoms. The van der Waals surface area contributed by atoms with Crippen LogP contribution in [0.2, 0.25) is 0 Å². The molecule has 1 saturated carbocycles. The zero-order chi connectivity index (χ0) is 14.8. The third kappa shape index (κ3) is 3.35. The van der Waals surface area contributed by atoms with Gasteiger partial charge in [-0.25, -0.2) is 0 Å². The minimum Gasteiger partial charge on any atom is -0.389 e. The summed E-state index contributed by atoms with van der Waals surface area (Å²) >= 11 is 0. The van der Waals surface area contributed by atoms with Gasteiger partial charge in [-0.2, -0.15) is 13.2 Å². The van der Waals surface area contributed by atoms with Crippen molar-refractivity contribution in [3.63, 3.8) is 0 Å². The van der Waals surface area contributed by atoms with E-state index in [-0.39, 0.29) is 5.92 Å². The summed E-state index contributed by atoms with van der Waals surface area (Å²) in [6, 6.07) is 5.18. The highest BCUT2D eigenvalue weighted by molar-refractivity contribution is 5.26. The summed E-state index contributed by atoms with van der Waals surface area (Å²) < 4.78 is 37.6. The molecular weight excluding hydrogens is 265 g/mol. The van der Waals surface area contributed by atoms with Crippen LogP contribution in [0.15, 0.2) is 24.3 Å². The molecule has 1 N–H and O–H groups in total. The van der Waals surface area contributed by atoms with Gasteiger partial charge < -0.3 is 5.11 Å². The number of rotatable bonds is 3. The quantitative estimate of drug-likeness (QED) is 0.862. The minimum absolute atomic E-state index is 0.249. The molecule has 1 nitrogen and oxygen atoms in total. The van der Waals surface area contributed by atoms with Gasteiger partial charge in [0.15, 0.2) is 0 Å². The Morgan fingerprint density at radius 1 is 1.20 bits per heavy atom. The molecule has 1 aliphatic carbocycles. The third-order valence-electron chi connectivity index (χ3n) is 4.46. The predicted molar refractivity (Wildman–Crippen MR) is 72.3 cm³/mol. The van der Waals surface area contributed by atoms with Crippen molar-refractivity contribution < 1.29 is 18.3 Å². The standard InChI is InChI=1S/C16H21F3O/c1-2-13-5-3-4-10-15(13,20)11-12-6-8-14(9-7-12)16(17,18)19/h6-9,13,20H,2-5,10-11H2,1H3. The molecule has 1 aliphatic rings. The molecule has 0 saturated heterocycles. The monoisotopic (exact) mass is 286 g/mol. The lowest BCUT2D eigenvalue weighted by molar-refractivity contribution is -0.137. The Balaban J connectivity index is 2.12. The molecule has 0 radical (unpaired) electrons. The van der Waals surface area contributed by atoms with E-state index in [0.29, 0.717) is 6.42 Å². The van der Waals surface area contributed by atoms with E-state index in [1.54, 1.807) is 0 Å². The molecule has 0 amide bonds. The van der Waals surface area contributed by atoms with Gasteiger partial charge >= 0.3 is 6.18 Å². The van der Waals surface area contributed by atoms with Crippen molar-refractivity contribution in [3.8, 4) is 0 Å². The van der Waals surface area contributed by atoms with Gasteiger partial charge in [-0.1, -0.05) is 38.3 Å². The van der Waals surface area contributed by atoms with Crippen LogP contribution in [0.1, 0.15) is 50.2 Å².